The number of carbonyl (C=O) groups excluding carboxylic acids is 1. The van der Waals surface area contributed by atoms with Crippen LogP contribution in [-0.2, 0) is 0 Å². The van der Waals surface area contributed by atoms with Crippen LogP contribution in [0.25, 0.3) is 0 Å². The Hall–Kier alpha value is -0.513. The highest BCUT2D eigenvalue weighted by Gasteiger charge is 2.08. The van der Waals surface area contributed by atoms with E-state index in [0.29, 0.717) is 5.67 Å². The highest BCUT2D eigenvalue weighted by Crippen LogP contribution is 1.94. The number of amides is 2. The van der Waals surface area contributed by atoms with Crippen LogP contribution in [0, 0.1) is 0 Å². The van der Waals surface area contributed by atoms with Crippen LogP contribution in [0.2, 0.25) is 0 Å². The first kappa shape index (κ1) is 8.49. The molecule has 1 unspecified atom stereocenters. The standard InChI is InChI=1S/C5H14N2OSi/c1-3-4(9)7(2)5(6)8/h4H,3H2,1-2,9H3,(H2,6,8). The molecule has 3 nitrogen and oxygen atoms in total. The third kappa shape index (κ3) is 2.50. The molecule has 0 saturated carbocycles. The molecule has 0 spiro atoms. The molecule has 0 heterocycles. The summed E-state index contributed by atoms with van der Waals surface area (Å²) in [5, 5.41) is 0. The summed E-state index contributed by atoms with van der Waals surface area (Å²) in [6, 6.07) is -0.322. The second-order valence-electron chi connectivity index (χ2n) is 2.21. The third-order valence-electron chi connectivity index (χ3n) is 1.60. The van der Waals surface area contributed by atoms with Crippen molar-refractivity contribution < 1.29 is 4.79 Å². The molecule has 0 radical (unpaired) electrons. The number of nitrogens with zero attached hydrogens (tertiary/aromatic N) is 1. The quantitative estimate of drug-likeness (QED) is 0.504. The number of rotatable bonds is 2. The summed E-state index contributed by atoms with van der Waals surface area (Å²) in [6.45, 7) is 2.05. The zero-order chi connectivity index (χ0) is 7.44. The van der Waals surface area contributed by atoms with Gasteiger partial charge >= 0.3 is 6.03 Å². The van der Waals surface area contributed by atoms with Gasteiger partial charge in [-0.25, -0.2) is 4.79 Å². The SMILES string of the molecule is CCC([SiH3])N(C)C(N)=O. The maximum absolute atomic E-state index is 10.5. The van der Waals surface area contributed by atoms with Gasteiger partial charge in [-0.1, -0.05) is 6.92 Å². The van der Waals surface area contributed by atoms with Gasteiger partial charge in [-0.05, 0) is 6.42 Å². The van der Waals surface area contributed by atoms with Crippen molar-refractivity contribution in [3.8, 4) is 0 Å². The summed E-state index contributed by atoms with van der Waals surface area (Å²) in [5.41, 5.74) is 5.41. The van der Waals surface area contributed by atoms with Crippen LogP contribution in [0.3, 0.4) is 0 Å². The van der Waals surface area contributed by atoms with Crippen LogP contribution >= 0.6 is 0 Å². The van der Waals surface area contributed by atoms with Crippen LogP contribution in [-0.4, -0.2) is 33.9 Å². The Bertz CT molecular complexity index is 107. The molecule has 0 fully saturated rings. The van der Waals surface area contributed by atoms with Crippen molar-refractivity contribution in [3.05, 3.63) is 0 Å². The lowest BCUT2D eigenvalue weighted by Gasteiger charge is -2.20. The smallest absolute Gasteiger partial charge is 0.314 e. The summed E-state index contributed by atoms with van der Waals surface area (Å²) in [5.74, 6) is 0. The first-order chi connectivity index (χ1) is 4.09. The van der Waals surface area contributed by atoms with E-state index in [4.69, 9.17) is 5.73 Å². The Kier molecular flexibility index (Phi) is 3.30. The number of primary amides is 1. The van der Waals surface area contributed by atoms with Crippen LogP contribution < -0.4 is 5.73 Å². The minimum Gasteiger partial charge on any atom is -0.352 e. The average molecular weight is 146 g/mol. The van der Waals surface area contributed by atoms with Crippen molar-refractivity contribution in [2.75, 3.05) is 7.05 Å². The van der Waals surface area contributed by atoms with E-state index < -0.39 is 0 Å². The fourth-order valence-electron chi connectivity index (χ4n) is 0.491. The van der Waals surface area contributed by atoms with Gasteiger partial charge in [0.2, 0.25) is 0 Å². The summed E-state index contributed by atoms with van der Waals surface area (Å²) in [7, 11) is 2.74. The van der Waals surface area contributed by atoms with Gasteiger partial charge in [0.15, 0.2) is 0 Å². The Balaban J connectivity index is 3.72. The number of urea groups is 1. The predicted molar refractivity (Wildman–Crippen MR) is 41.4 cm³/mol. The molecule has 54 valence electrons. The maximum Gasteiger partial charge on any atom is 0.314 e. The first-order valence-electron chi connectivity index (χ1n) is 3.11. The van der Waals surface area contributed by atoms with Gasteiger partial charge in [-0.2, -0.15) is 0 Å². The zero-order valence-corrected chi connectivity index (χ0v) is 8.22. The average Bonchev–Trinajstić information content (AvgIpc) is 1.84. The monoisotopic (exact) mass is 146 g/mol. The molecule has 0 aliphatic rings. The molecular formula is C5H14N2OSi. The lowest BCUT2D eigenvalue weighted by molar-refractivity contribution is 0.213. The molecule has 0 rings (SSSR count). The fourth-order valence-corrected chi connectivity index (χ4v) is 0.746. The predicted octanol–water partition coefficient (Wildman–Crippen LogP) is -0.902. The van der Waals surface area contributed by atoms with E-state index in [9.17, 15) is 4.79 Å². The van der Waals surface area contributed by atoms with Crippen LogP contribution in [0.4, 0.5) is 4.79 Å². The lowest BCUT2D eigenvalue weighted by atomic mass is 10.4. The molecule has 2 N–H and O–H groups in total. The summed E-state index contributed by atoms with van der Waals surface area (Å²) in [6.07, 6.45) is 1.01. The van der Waals surface area contributed by atoms with Gasteiger partial charge in [0.1, 0.15) is 0 Å². The molecule has 0 aromatic carbocycles. The van der Waals surface area contributed by atoms with Gasteiger partial charge in [-0.3, -0.25) is 0 Å². The van der Waals surface area contributed by atoms with Gasteiger partial charge < -0.3 is 10.6 Å². The number of carbonyl (C=O) groups is 1. The zero-order valence-electron chi connectivity index (χ0n) is 6.22. The highest BCUT2D eigenvalue weighted by atomic mass is 28.1. The molecule has 2 amide bonds. The molecule has 0 aromatic heterocycles. The highest BCUT2D eigenvalue weighted by molar-refractivity contribution is 6.12. The van der Waals surface area contributed by atoms with E-state index in [1.165, 1.54) is 0 Å². The Morgan fingerprint density at radius 1 is 1.89 bits per heavy atom. The Labute approximate surface area is 58.6 Å². The van der Waals surface area contributed by atoms with Crippen LogP contribution in [0.1, 0.15) is 13.3 Å². The molecule has 0 aromatic rings. The van der Waals surface area contributed by atoms with E-state index >= 15 is 0 Å². The van der Waals surface area contributed by atoms with Crippen LogP contribution in [0.5, 0.6) is 0 Å². The molecule has 1 atom stereocenters. The van der Waals surface area contributed by atoms with Crippen molar-refractivity contribution in [1.29, 1.82) is 0 Å². The van der Waals surface area contributed by atoms with Crippen molar-refractivity contribution >= 4 is 16.3 Å². The summed E-state index contributed by atoms with van der Waals surface area (Å²) < 4.78 is 0. The summed E-state index contributed by atoms with van der Waals surface area (Å²) in [4.78, 5) is 12.1. The second-order valence-corrected chi connectivity index (χ2v) is 3.54. The van der Waals surface area contributed by atoms with Crippen LogP contribution in [0.15, 0.2) is 0 Å². The Morgan fingerprint density at radius 2 is 2.33 bits per heavy atom. The van der Waals surface area contributed by atoms with Gasteiger partial charge in [-0.15, -0.1) is 0 Å². The maximum atomic E-state index is 10.5. The molecule has 9 heavy (non-hydrogen) atoms. The minimum absolute atomic E-state index is 0.322. The number of hydrogen-bond acceptors (Lipinski definition) is 1. The molecule has 4 heteroatoms. The summed E-state index contributed by atoms with van der Waals surface area (Å²) >= 11 is 0. The minimum atomic E-state index is -0.322. The fraction of sp³-hybridized carbons (Fsp3) is 0.800. The normalized spacial score (nSPS) is 13.1. The van der Waals surface area contributed by atoms with E-state index in [0.717, 1.165) is 16.7 Å². The van der Waals surface area contributed by atoms with Crippen molar-refractivity contribution in [2.24, 2.45) is 5.73 Å². The Morgan fingerprint density at radius 3 is 2.44 bits per heavy atom. The molecule has 0 aliphatic carbocycles. The van der Waals surface area contributed by atoms with E-state index in [-0.39, 0.29) is 6.03 Å². The topological polar surface area (TPSA) is 46.3 Å². The van der Waals surface area contributed by atoms with E-state index in [1.54, 1.807) is 11.9 Å². The molecule has 0 saturated heterocycles. The van der Waals surface area contributed by atoms with Gasteiger partial charge in [0, 0.05) is 23.0 Å². The molecular weight excluding hydrogens is 132 g/mol. The second kappa shape index (κ2) is 3.50. The van der Waals surface area contributed by atoms with Gasteiger partial charge in [0.25, 0.3) is 0 Å². The number of nitrogens with two attached hydrogens (primary N) is 1. The van der Waals surface area contributed by atoms with Crippen molar-refractivity contribution in [1.82, 2.24) is 4.90 Å². The van der Waals surface area contributed by atoms with E-state index in [2.05, 4.69) is 6.92 Å². The van der Waals surface area contributed by atoms with Crippen molar-refractivity contribution in [2.45, 2.75) is 19.0 Å². The number of hydrogen-bond donors (Lipinski definition) is 1. The lowest BCUT2D eigenvalue weighted by Crippen LogP contribution is -2.40. The molecule has 0 aliphatic heterocycles. The van der Waals surface area contributed by atoms with Gasteiger partial charge in [0.05, 0.1) is 0 Å². The first-order valence-corrected chi connectivity index (χ1v) is 4.27. The molecule has 0 bridgehead atoms. The largest absolute Gasteiger partial charge is 0.352 e. The van der Waals surface area contributed by atoms with E-state index in [1.807, 2.05) is 0 Å². The third-order valence-corrected chi connectivity index (χ3v) is 3.19. The van der Waals surface area contributed by atoms with Crippen molar-refractivity contribution in [3.63, 3.8) is 0 Å².